The lowest BCUT2D eigenvalue weighted by Crippen LogP contribution is -2.47. The third kappa shape index (κ3) is 4.00. The molecule has 22 heavy (non-hydrogen) atoms. The van der Waals surface area contributed by atoms with Gasteiger partial charge in [-0.05, 0) is 44.0 Å². The van der Waals surface area contributed by atoms with Crippen molar-refractivity contribution in [1.82, 2.24) is 5.32 Å². The van der Waals surface area contributed by atoms with Crippen LogP contribution in [0.2, 0.25) is 0 Å². The van der Waals surface area contributed by atoms with Gasteiger partial charge in [0.05, 0.1) is 5.56 Å². The molecular formula is C16H20F3NO2. The van der Waals surface area contributed by atoms with E-state index in [9.17, 15) is 18.0 Å². The third-order valence-electron chi connectivity index (χ3n) is 3.93. The lowest BCUT2D eigenvalue weighted by Gasteiger charge is -2.28. The fraction of sp³-hybridized carbons (Fsp3) is 0.562. The first-order valence-corrected chi connectivity index (χ1v) is 7.26. The quantitative estimate of drug-likeness (QED) is 0.929. The van der Waals surface area contributed by atoms with E-state index < -0.39 is 11.7 Å². The minimum absolute atomic E-state index is 0.0698. The van der Waals surface area contributed by atoms with E-state index in [1.54, 1.807) is 13.0 Å². The molecule has 1 aromatic carbocycles. The Labute approximate surface area is 127 Å². The van der Waals surface area contributed by atoms with Crippen LogP contribution in [-0.2, 0) is 11.0 Å². The van der Waals surface area contributed by atoms with Crippen LogP contribution in [0.3, 0.4) is 0 Å². The van der Waals surface area contributed by atoms with Crippen LogP contribution in [0, 0.1) is 13.8 Å². The molecule has 1 N–H and O–H groups in total. The molecule has 0 unspecified atom stereocenters. The number of benzene rings is 1. The summed E-state index contributed by atoms with van der Waals surface area (Å²) >= 11 is 0. The van der Waals surface area contributed by atoms with Gasteiger partial charge in [-0.1, -0.05) is 0 Å². The normalized spacial score (nSPS) is 22.7. The van der Waals surface area contributed by atoms with E-state index in [0.29, 0.717) is 18.4 Å². The van der Waals surface area contributed by atoms with Gasteiger partial charge in [-0.3, -0.25) is 4.79 Å². The largest absolute Gasteiger partial charge is 0.492 e. The molecule has 6 heteroatoms. The van der Waals surface area contributed by atoms with Gasteiger partial charge in [0, 0.05) is 24.9 Å². The maximum atomic E-state index is 13.0. The Morgan fingerprint density at radius 3 is 2.55 bits per heavy atom. The third-order valence-corrected chi connectivity index (χ3v) is 3.93. The molecule has 1 saturated heterocycles. The van der Waals surface area contributed by atoms with Crippen molar-refractivity contribution in [3.63, 3.8) is 0 Å². The average molecular weight is 315 g/mol. The van der Waals surface area contributed by atoms with Gasteiger partial charge in [-0.25, -0.2) is 0 Å². The molecule has 0 aromatic heterocycles. The number of Topliss-reactive ketones (excluding diaryl/α,β-unsaturated/α-hetero) is 1. The van der Waals surface area contributed by atoms with Crippen molar-refractivity contribution in [2.45, 2.75) is 51.9 Å². The summed E-state index contributed by atoms with van der Waals surface area (Å²) in [4.78, 5) is 11.5. The number of halogens is 3. The Balaban J connectivity index is 2.10. The van der Waals surface area contributed by atoms with Crippen LogP contribution in [0.1, 0.15) is 36.5 Å². The summed E-state index contributed by atoms with van der Waals surface area (Å²) in [6.45, 7) is 5.16. The minimum atomic E-state index is -4.40. The second-order valence-corrected chi connectivity index (χ2v) is 5.93. The van der Waals surface area contributed by atoms with Gasteiger partial charge < -0.3 is 10.1 Å². The van der Waals surface area contributed by atoms with E-state index in [4.69, 9.17) is 4.74 Å². The molecule has 0 saturated carbocycles. The van der Waals surface area contributed by atoms with Crippen molar-refractivity contribution in [2.75, 3.05) is 6.61 Å². The maximum Gasteiger partial charge on any atom is 0.416 e. The monoisotopic (exact) mass is 315 g/mol. The Kier molecular flexibility index (Phi) is 4.80. The fourth-order valence-corrected chi connectivity index (χ4v) is 2.73. The molecule has 0 radical (unpaired) electrons. The van der Waals surface area contributed by atoms with Crippen molar-refractivity contribution in [1.29, 1.82) is 0 Å². The van der Waals surface area contributed by atoms with Crippen LogP contribution in [0.25, 0.3) is 0 Å². The maximum absolute atomic E-state index is 13.0. The number of ketones is 1. The van der Waals surface area contributed by atoms with Crippen LogP contribution in [0.15, 0.2) is 12.1 Å². The van der Waals surface area contributed by atoms with E-state index in [1.807, 2.05) is 6.92 Å². The Morgan fingerprint density at radius 1 is 1.27 bits per heavy atom. The Morgan fingerprint density at radius 2 is 1.95 bits per heavy atom. The van der Waals surface area contributed by atoms with E-state index in [0.717, 1.165) is 6.07 Å². The molecule has 2 atom stereocenters. The predicted octanol–water partition coefficient (Wildman–Crippen LogP) is 3.41. The van der Waals surface area contributed by atoms with Crippen molar-refractivity contribution in [3.8, 4) is 5.75 Å². The first-order chi connectivity index (χ1) is 10.2. The van der Waals surface area contributed by atoms with Crippen molar-refractivity contribution in [3.05, 3.63) is 28.8 Å². The smallest absolute Gasteiger partial charge is 0.416 e. The number of ether oxygens (including phenoxy) is 1. The van der Waals surface area contributed by atoms with Gasteiger partial charge in [0.1, 0.15) is 18.1 Å². The highest BCUT2D eigenvalue weighted by atomic mass is 19.4. The zero-order valence-electron chi connectivity index (χ0n) is 12.9. The summed E-state index contributed by atoms with van der Waals surface area (Å²) in [5.74, 6) is 0.332. The summed E-state index contributed by atoms with van der Waals surface area (Å²) < 4.78 is 44.5. The van der Waals surface area contributed by atoms with Crippen molar-refractivity contribution >= 4 is 5.78 Å². The zero-order chi connectivity index (χ0) is 16.5. The van der Waals surface area contributed by atoms with E-state index in [1.165, 1.54) is 6.92 Å². The van der Waals surface area contributed by atoms with E-state index in [-0.39, 0.29) is 35.8 Å². The number of hydrogen-bond acceptors (Lipinski definition) is 3. The van der Waals surface area contributed by atoms with Crippen LogP contribution >= 0.6 is 0 Å². The number of carbonyl (C=O) groups excluding carboxylic acids is 1. The van der Waals surface area contributed by atoms with E-state index >= 15 is 0 Å². The zero-order valence-corrected chi connectivity index (χ0v) is 12.9. The summed E-state index contributed by atoms with van der Waals surface area (Å²) in [5.41, 5.74) is 0.0638. The molecule has 3 nitrogen and oxygen atoms in total. The summed E-state index contributed by atoms with van der Waals surface area (Å²) in [6.07, 6.45) is -3.57. The molecule has 0 aliphatic carbocycles. The molecule has 0 spiro atoms. The number of nitrogens with one attached hydrogen (secondary N) is 1. The second kappa shape index (κ2) is 6.28. The topological polar surface area (TPSA) is 38.3 Å². The van der Waals surface area contributed by atoms with E-state index in [2.05, 4.69) is 5.32 Å². The highest BCUT2D eigenvalue weighted by molar-refractivity contribution is 5.80. The number of piperidine rings is 1. The highest BCUT2D eigenvalue weighted by Crippen LogP contribution is 2.35. The fourth-order valence-electron chi connectivity index (χ4n) is 2.73. The highest BCUT2D eigenvalue weighted by Gasteiger charge is 2.33. The Hall–Kier alpha value is -1.56. The number of aryl methyl sites for hydroxylation is 1. The summed E-state index contributed by atoms with van der Waals surface area (Å²) in [6, 6.07) is 2.53. The second-order valence-electron chi connectivity index (χ2n) is 5.93. The van der Waals surface area contributed by atoms with Crippen molar-refractivity contribution < 1.29 is 22.7 Å². The van der Waals surface area contributed by atoms with Gasteiger partial charge in [-0.2, -0.15) is 13.2 Å². The molecule has 1 aromatic rings. The minimum Gasteiger partial charge on any atom is -0.492 e. The van der Waals surface area contributed by atoms with Gasteiger partial charge >= 0.3 is 6.18 Å². The molecular weight excluding hydrogens is 295 g/mol. The molecule has 1 aliphatic heterocycles. The SMILES string of the molecule is Cc1cc(OC[C@@H]2CC(=O)C[C@H](C)N2)cc(C(F)(F)F)c1C. The summed E-state index contributed by atoms with van der Waals surface area (Å²) in [5, 5.41) is 3.22. The summed E-state index contributed by atoms with van der Waals surface area (Å²) in [7, 11) is 0. The molecule has 1 heterocycles. The van der Waals surface area contributed by atoms with Gasteiger partial charge in [0.25, 0.3) is 0 Å². The van der Waals surface area contributed by atoms with Crippen LogP contribution in [-0.4, -0.2) is 24.5 Å². The molecule has 0 amide bonds. The van der Waals surface area contributed by atoms with Crippen LogP contribution < -0.4 is 10.1 Å². The number of carbonyl (C=O) groups is 1. The van der Waals surface area contributed by atoms with Crippen LogP contribution in [0.4, 0.5) is 13.2 Å². The van der Waals surface area contributed by atoms with Gasteiger partial charge in [0.15, 0.2) is 0 Å². The molecule has 1 fully saturated rings. The predicted molar refractivity (Wildman–Crippen MR) is 77.0 cm³/mol. The first-order valence-electron chi connectivity index (χ1n) is 7.26. The average Bonchev–Trinajstić information content (AvgIpc) is 2.37. The lowest BCUT2D eigenvalue weighted by molar-refractivity contribution is -0.138. The lowest BCUT2D eigenvalue weighted by atomic mass is 9.99. The Bertz CT molecular complexity index is 569. The van der Waals surface area contributed by atoms with Crippen molar-refractivity contribution in [2.24, 2.45) is 0 Å². The first kappa shape index (κ1) is 16.8. The number of hydrogen-bond donors (Lipinski definition) is 1. The molecule has 122 valence electrons. The standard InChI is InChI=1S/C16H20F3NO2/c1-9-4-14(7-15(11(9)3)16(17,18)19)22-8-12-6-13(21)5-10(2)20-12/h4,7,10,12,20H,5-6,8H2,1-3H3/t10-,12-/m0/s1. The van der Waals surface area contributed by atoms with Gasteiger partial charge in [-0.15, -0.1) is 0 Å². The number of rotatable bonds is 3. The van der Waals surface area contributed by atoms with Gasteiger partial charge in [0.2, 0.25) is 0 Å². The molecule has 0 bridgehead atoms. The number of alkyl halides is 3. The molecule has 2 rings (SSSR count). The van der Waals surface area contributed by atoms with Crippen LogP contribution in [0.5, 0.6) is 5.75 Å². The molecule has 1 aliphatic rings.